The summed E-state index contributed by atoms with van der Waals surface area (Å²) in [7, 11) is 0. The van der Waals surface area contributed by atoms with E-state index in [1.807, 2.05) is 79.7 Å². The van der Waals surface area contributed by atoms with Gasteiger partial charge in [-0.15, -0.1) is 0 Å². The summed E-state index contributed by atoms with van der Waals surface area (Å²) in [6, 6.07) is 48.8. The molecule has 0 saturated carbocycles. The Kier molecular flexibility index (Phi) is 9.13. The van der Waals surface area contributed by atoms with Gasteiger partial charge in [0.2, 0.25) is 0 Å². The summed E-state index contributed by atoms with van der Waals surface area (Å²) in [4.78, 5) is 54.8. The fourth-order valence-corrected chi connectivity index (χ4v) is 7.33. The molecule has 2 aliphatic rings. The number of rotatable bonds is 10. The number of hydrogen-bond acceptors (Lipinski definition) is 7. The first kappa shape index (κ1) is 36.8. The summed E-state index contributed by atoms with van der Waals surface area (Å²) in [6.07, 6.45) is 0. The van der Waals surface area contributed by atoms with Gasteiger partial charge in [0.1, 0.15) is 34.5 Å². The molecule has 2 heterocycles. The lowest BCUT2D eigenvalue weighted by molar-refractivity contribution is 0.0910. The van der Waals surface area contributed by atoms with Gasteiger partial charge in [0.25, 0.3) is 23.6 Å². The molecule has 0 bridgehead atoms. The zero-order valence-electron chi connectivity index (χ0n) is 32.3. The van der Waals surface area contributed by atoms with Crippen LogP contribution in [0.1, 0.15) is 72.0 Å². The number of anilines is 2. The predicted molar refractivity (Wildman–Crippen MR) is 224 cm³/mol. The van der Waals surface area contributed by atoms with E-state index in [9.17, 15) is 19.2 Å². The van der Waals surface area contributed by atoms with Crippen LogP contribution in [0, 0.1) is 6.92 Å². The molecule has 0 atom stereocenters. The third kappa shape index (κ3) is 6.89. The monoisotopic (exact) mass is 776 g/mol. The van der Waals surface area contributed by atoms with E-state index in [0.29, 0.717) is 68.1 Å². The molecule has 0 aliphatic carbocycles. The fraction of sp³-hybridized carbons (Fsp3) is 0.0800. The predicted octanol–water partition coefficient (Wildman–Crippen LogP) is 11.3. The lowest BCUT2D eigenvalue weighted by atomic mass is 9.78. The number of fused-ring (bicyclic) bond motifs is 2. The minimum absolute atomic E-state index is 0.291. The standard InChI is InChI=1S/C50H36N2O7/c1-31-8-18-36(19-9-31)59-41-28-29-44-45(30-41)49(56)52(48(44)55)35-16-26-40(27-17-35)58-38-22-12-33(13-23-38)50(2,3)32-10-20-37(21-11-32)57-39-24-14-34(15-25-39)51-46(53)42-6-4-5-7-43(42)47(51)54/h4-30H,1-3H3. The van der Waals surface area contributed by atoms with E-state index in [0.717, 1.165) is 16.7 Å². The summed E-state index contributed by atoms with van der Waals surface area (Å²) in [5.74, 6) is 2.04. The van der Waals surface area contributed by atoms with Gasteiger partial charge in [-0.3, -0.25) is 19.2 Å². The Morgan fingerprint density at radius 3 is 1.12 bits per heavy atom. The second kappa shape index (κ2) is 14.6. The van der Waals surface area contributed by atoms with Crippen molar-refractivity contribution in [2.24, 2.45) is 0 Å². The van der Waals surface area contributed by atoms with Gasteiger partial charge in [-0.1, -0.05) is 67.9 Å². The minimum atomic E-state index is -0.414. The van der Waals surface area contributed by atoms with E-state index in [2.05, 4.69) is 13.8 Å². The largest absolute Gasteiger partial charge is 0.457 e. The molecule has 9 heteroatoms. The molecular weight excluding hydrogens is 741 g/mol. The molecule has 0 spiro atoms. The van der Waals surface area contributed by atoms with Crippen LogP contribution < -0.4 is 24.0 Å². The second-order valence-corrected chi connectivity index (χ2v) is 14.9. The van der Waals surface area contributed by atoms with E-state index >= 15 is 0 Å². The number of hydrogen-bond donors (Lipinski definition) is 0. The highest BCUT2D eigenvalue weighted by Crippen LogP contribution is 2.37. The highest BCUT2D eigenvalue weighted by molar-refractivity contribution is 6.35. The SMILES string of the molecule is Cc1ccc(Oc2ccc3c(c2)C(=O)N(c2ccc(Oc4ccc(C(C)(C)c5ccc(Oc6ccc(N7C(=O)c8ccccc8C7=O)cc6)cc5)cc4)cc2)C3=O)cc1. The van der Waals surface area contributed by atoms with E-state index in [1.54, 1.807) is 91.0 Å². The molecule has 0 aromatic heterocycles. The van der Waals surface area contributed by atoms with Crippen molar-refractivity contribution >= 4 is 35.0 Å². The molecule has 4 amide bonds. The van der Waals surface area contributed by atoms with Crippen molar-refractivity contribution in [3.63, 3.8) is 0 Å². The quantitative estimate of drug-likeness (QED) is 0.127. The van der Waals surface area contributed by atoms with E-state index in [1.165, 1.54) is 9.80 Å². The number of benzene rings is 7. The van der Waals surface area contributed by atoms with Gasteiger partial charge in [0.15, 0.2) is 0 Å². The van der Waals surface area contributed by atoms with Crippen molar-refractivity contribution in [3.8, 4) is 34.5 Å². The van der Waals surface area contributed by atoms with Crippen molar-refractivity contribution in [1.82, 2.24) is 0 Å². The number of ether oxygens (including phenoxy) is 3. The molecule has 0 saturated heterocycles. The number of carbonyl (C=O) groups is 4. The van der Waals surface area contributed by atoms with Gasteiger partial charge < -0.3 is 14.2 Å². The number of amides is 4. The molecule has 9 nitrogen and oxygen atoms in total. The van der Waals surface area contributed by atoms with Crippen molar-refractivity contribution in [1.29, 1.82) is 0 Å². The molecule has 59 heavy (non-hydrogen) atoms. The molecule has 0 fully saturated rings. The van der Waals surface area contributed by atoms with Crippen molar-refractivity contribution < 1.29 is 33.4 Å². The average molecular weight is 777 g/mol. The van der Waals surface area contributed by atoms with E-state index in [4.69, 9.17) is 14.2 Å². The van der Waals surface area contributed by atoms with Crippen LogP contribution >= 0.6 is 0 Å². The van der Waals surface area contributed by atoms with Gasteiger partial charge in [-0.05, 0) is 133 Å². The Labute approximate surface area is 340 Å². The van der Waals surface area contributed by atoms with Crippen LogP contribution in [0.25, 0.3) is 0 Å². The van der Waals surface area contributed by atoms with Crippen molar-refractivity contribution in [2.75, 3.05) is 9.80 Å². The first-order chi connectivity index (χ1) is 28.5. The lowest BCUT2D eigenvalue weighted by Crippen LogP contribution is -2.29. The van der Waals surface area contributed by atoms with E-state index in [-0.39, 0.29) is 17.2 Å². The zero-order valence-corrected chi connectivity index (χ0v) is 32.3. The summed E-state index contributed by atoms with van der Waals surface area (Å²) in [6.45, 7) is 6.28. The van der Waals surface area contributed by atoms with Gasteiger partial charge in [0, 0.05) is 5.41 Å². The number of nitrogens with zero attached hydrogens (tertiary/aromatic N) is 2. The Bertz CT molecular complexity index is 2740. The lowest BCUT2D eigenvalue weighted by Gasteiger charge is -2.26. The van der Waals surface area contributed by atoms with Crippen LogP contribution in [0.2, 0.25) is 0 Å². The fourth-order valence-electron chi connectivity index (χ4n) is 7.33. The maximum absolute atomic E-state index is 13.4. The molecule has 2 aliphatic heterocycles. The van der Waals surface area contributed by atoms with Crippen LogP contribution in [-0.2, 0) is 5.41 Å². The Hall–Kier alpha value is -7.78. The third-order valence-corrected chi connectivity index (χ3v) is 10.7. The summed E-state index contributed by atoms with van der Waals surface area (Å²) in [5.41, 5.74) is 5.27. The smallest absolute Gasteiger partial charge is 0.266 e. The highest BCUT2D eigenvalue weighted by atomic mass is 16.5. The topological polar surface area (TPSA) is 102 Å². The van der Waals surface area contributed by atoms with Crippen molar-refractivity contribution in [2.45, 2.75) is 26.2 Å². The van der Waals surface area contributed by atoms with Crippen LogP contribution in [0.4, 0.5) is 11.4 Å². The first-order valence-corrected chi connectivity index (χ1v) is 19.1. The van der Waals surface area contributed by atoms with Gasteiger partial charge in [-0.2, -0.15) is 0 Å². The average Bonchev–Trinajstić information content (AvgIpc) is 3.66. The second-order valence-electron chi connectivity index (χ2n) is 14.9. The number of aryl methyl sites for hydroxylation is 1. The number of imide groups is 2. The molecule has 0 unspecified atom stereocenters. The Morgan fingerprint density at radius 2 is 0.695 bits per heavy atom. The van der Waals surface area contributed by atoms with Crippen LogP contribution in [0.3, 0.4) is 0 Å². The molecule has 0 radical (unpaired) electrons. The van der Waals surface area contributed by atoms with Gasteiger partial charge in [0.05, 0.1) is 33.6 Å². The first-order valence-electron chi connectivity index (χ1n) is 19.1. The molecule has 7 aromatic carbocycles. The van der Waals surface area contributed by atoms with Crippen LogP contribution in [-0.4, -0.2) is 23.6 Å². The summed E-state index contributed by atoms with van der Waals surface area (Å²) in [5, 5.41) is 0. The van der Waals surface area contributed by atoms with Gasteiger partial charge in [-0.25, -0.2) is 9.80 Å². The normalized spacial score (nSPS) is 13.4. The van der Waals surface area contributed by atoms with E-state index < -0.39 is 11.8 Å². The maximum Gasteiger partial charge on any atom is 0.266 e. The molecule has 7 aromatic rings. The van der Waals surface area contributed by atoms with Gasteiger partial charge >= 0.3 is 0 Å². The molecule has 288 valence electrons. The summed E-state index contributed by atoms with van der Waals surface area (Å²) >= 11 is 0. The third-order valence-electron chi connectivity index (χ3n) is 10.7. The minimum Gasteiger partial charge on any atom is -0.457 e. The number of carbonyl (C=O) groups excluding carboxylic acids is 4. The van der Waals surface area contributed by atoms with Crippen LogP contribution in [0.5, 0.6) is 34.5 Å². The highest BCUT2D eigenvalue weighted by Gasteiger charge is 2.38. The van der Waals surface area contributed by atoms with Crippen molar-refractivity contribution in [3.05, 3.63) is 203 Å². The Balaban J connectivity index is 0.815. The molecule has 9 rings (SSSR count). The molecular formula is C50H36N2O7. The maximum atomic E-state index is 13.4. The molecule has 0 N–H and O–H groups in total. The Morgan fingerprint density at radius 1 is 0.373 bits per heavy atom. The summed E-state index contributed by atoms with van der Waals surface area (Å²) < 4.78 is 18.2. The zero-order chi connectivity index (χ0) is 40.8. The van der Waals surface area contributed by atoms with Crippen LogP contribution in [0.15, 0.2) is 164 Å².